The molecular weight excluding hydrogens is 827 g/mol. The SMILES string of the molecule is CC1CCC(C2CC=C(c3ccccc3Cl)CC2)CC1.CCC1CCC(C2CC=C(c3ccccc3Cl)CC2)CC1.CCCC1CCC(C2CC=C(c3ccccc3Cl)CC2)CC1. The van der Waals surface area contributed by atoms with E-state index in [4.69, 9.17) is 34.8 Å². The summed E-state index contributed by atoms with van der Waals surface area (Å²) >= 11 is 19.0. The van der Waals surface area contributed by atoms with Crippen LogP contribution in [-0.4, -0.2) is 0 Å². The summed E-state index contributed by atoms with van der Waals surface area (Å²) < 4.78 is 0. The summed E-state index contributed by atoms with van der Waals surface area (Å²) in [5.74, 6) is 8.73. The van der Waals surface area contributed by atoms with Gasteiger partial charge in [-0.05, 0) is 201 Å². The van der Waals surface area contributed by atoms with Gasteiger partial charge in [0.1, 0.15) is 0 Å². The number of hydrogen-bond donors (Lipinski definition) is 0. The summed E-state index contributed by atoms with van der Waals surface area (Å²) in [5.41, 5.74) is 8.18. The number of halogens is 3. The van der Waals surface area contributed by atoms with Gasteiger partial charge in [0.05, 0.1) is 0 Å². The van der Waals surface area contributed by atoms with Crippen LogP contribution < -0.4 is 0 Å². The van der Waals surface area contributed by atoms with Gasteiger partial charge in [-0.2, -0.15) is 0 Å². The highest BCUT2D eigenvalue weighted by atomic mass is 35.5. The molecule has 6 aliphatic rings. The zero-order chi connectivity index (χ0) is 44.0. The Kier molecular flexibility index (Phi) is 19.3. The maximum Gasteiger partial charge on any atom is 0.0481 e. The predicted molar refractivity (Wildman–Crippen MR) is 278 cm³/mol. The van der Waals surface area contributed by atoms with Crippen LogP contribution in [-0.2, 0) is 0 Å². The Labute approximate surface area is 400 Å². The Morgan fingerprint density at radius 3 is 1.03 bits per heavy atom. The highest BCUT2D eigenvalue weighted by molar-refractivity contribution is 6.33. The Morgan fingerprint density at radius 2 is 0.730 bits per heavy atom. The lowest BCUT2D eigenvalue weighted by atomic mass is 9.70. The van der Waals surface area contributed by atoms with E-state index in [1.54, 1.807) is 0 Å². The highest BCUT2D eigenvalue weighted by Gasteiger charge is 2.31. The maximum atomic E-state index is 6.35. The van der Waals surface area contributed by atoms with E-state index in [-0.39, 0.29) is 0 Å². The molecule has 0 radical (unpaired) electrons. The Bertz CT molecular complexity index is 1930. The molecule has 0 saturated heterocycles. The van der Waals surface area contributed by atoms with Crippen molar-refractivity contribution < 1.29 is 0 Å². The summed E-state index contributed by atoms with van der Waals surface area (Å²) in [4.78, 5) is 0. The van der Waals surface area contributed by atoms with E-state index in [1.807, 2.05) is 36.4 Å². The molecule has 0 N–H and O–H groups in total. The van der Waals surface area contributed by atoms with E-state index in [1.165, 1.54) is 188 Å². The molecule has 342 valence electrons. The van der Waals surface area contributed by atoms with Gasteiger partial charge in [0.25, 0.3) is 0 Å². The third-order valence-corrected chi connectivity index (χ3v) is 18.1. The lowest BCUT2D eigenvalue weighted by molar-refractivity contribution is 0.189. The van der Waals surface area contributed by atoms with Crippen molar-refractivity contribution in [3.63, 3.8) is 0 Å². The van der Waals surface area contributed by atoms with Gasteiger partial charge < -0.3 is 0 Å². The molecule has 6 aliphatic carbocycles. The first kappa shape index (κ1) is 48.7. The molecule has 3 saturated carbocycles. The molecule has 3 fully saturated rings. The van der Waals surface area contributed by atoms with E-state index in [0.29, 0.717) is 0 Å². The van der Waals surface area contributed by atoms with Crippen molar-refractivity contribution in [1.82, 2.24) is 0 Å². The van der Waals surface area contributed by atoms with E-state index in [9.17, 15) is 0 Å². The van der Waals surface area contributed by atoms with Gasteiger partial charge in [0.15, 0.2) is 0 Å². The van der Waals surface area contributed by atoms with Crippen molar-refractivity contribution in [1.29, 1.82) is 0 Å². The van der Waals surface area contributed by atoms with Crippen LogP contribution in [0, 0.1) is 53.3 Å². The van der Waals surface area contributed by atoms with Gasteiger partial charge in [0, 0.05) is 15.1 Å². The van der Waals surface area contributed by atoms with Crippen molar-refractivity contribution >= 4 is 51.5 Å². The largest absolute Gasteiger partial charge is 0.0837 e. The molecule has 63 heavy (non-hydrogen) atoms. The quantitative estimate of drug-likeness (QED) is 0.201. The number of allylic oxidation sites excluding steroid dienone is 6. The van der Waals surface area contributed by atoms with Crippen LogP contribution in [0.2, 0.25) is 15.1 Å². The standard InChI is InChI=1S/C21H29Cl.C20H27Cl.C19H25Cl/c1-2-5-16-8-10-17(11-9-16)18-12-14-19(15-13-18)20-6-3-4-7-21(20)22;1-2-15-7-9-16(10-8-15)17-11-13-18(14-12-17)19-5-3-4-6-20(19)21;1-14-6-8-15(9-7-14)16-10-12-17(13-11-16)18-4-2-3-5-19(18)20/h3-4,6-7,14,16-18H,2,5,8-13,15H2,1H3;3-6,13,15-17H,2,7-12,14H2,1H3;2-5,12,14-16H,6-11,13H2,1H3. The summed E-state index contributed by atoms with van der Waals surface area (Å²) in [6, 6.07) is 24.9. The molecule has 0 aliphatic heterocycles. The van der Waals surface area contributed by atoms with Crippen LogP contribution in [0.25, 0.3) is 16.7 Å². The number of rotatable bonds is 9. The molecule has 0 bridgehead atoms. The molecule has 9 rings (SSSR count). The monoisotopic (exact) mass is 907 g/mol. The van der Waals surface area contributed by atoms with Crippen LogP contribution in [0.1, 0.15) is 192 Å². The lowest BCUT2D eigenvalue weighted by Gasteiger charge is -2.35. The first-order chi connectivity index (χ1) is 30.8. The molecule has 3 heteroatoms. The van der Waals surface area contributed by atoms with Crippen LogP contribution in [0.3, 0.4) is 0 Å². The number of benzene rings is 3. The van der Waals surface area contributed by atoms with E-state index in [2.05, 4.69) is 75.4 Å². The fraction of sp³-hybridized carbons (Fsp3) is 0.600. The van der Waals surface area contributed by atoms with Gasteiger partial charge in [-0.3, -0.25) is 0 Å². The van der Waals surface area contributed by atoms with Gasteiger partial charge in [-0.1, -0.05) is 186 Å². The first-order valence-corrected chi connectivity index (χ1v) is 27.2. The molecule has 0 aromatic heterocycles. The summed E-state index contributed by atoms with van der Waals surface area (Å²) in [5, 5.41) is 2.72. The zero-order valence-electron chi connectivity index (χ0n) is 39.5. The summed E-state index contributed by atoms with van der Waals surface area (Å²) in [6.07, 6.45) is 40.7. The van der Waals surface area contributed by atoms with Gasteiger partial charge >= 0.3 is 0 Å². The number of hydrogen-bond acceptors (Lipinski definition) is 0. The Balaban J connectivity index is 0.000000142. The molecule has 3 aromatic carbocycles. The summed E-state index contributed by atoms with van der Waals surface area (Å²) in [7, 11) is 0. The van der Waals surface area contributed by atoms with Crippen molar-refractivity contribution in [2.45, 2.75) is 175 Å². The topological polar surface area (TPSA) is 0 Å². The van der Waals surface area contributed by atoms with Crippen LogP contribution in [0.5, 0.6) is 0 Å². The molecule has 0 nitrogen and oxygen atoms in total. The third kappa shape index (κ3) is 13.9. The van der Waals surface area contributed by atoms with Crippen molar-refractivity contribution in [2.24, 2.45) is 53.3 Å². The lowest BCUT2D eigenvalue weighted by Crippen LogP contribution is -2.23. The second-order valence-corrected chi connectivity index (χ2v) is 22.2. The van der Waals surface area contributed by atoms with E-state index >= 15 is 0 Å². The molecule has 3 aromatic rings. The van der Waals surface area contributed by atoms with E-state index in [0.717, 1.165) is 68.3 Å². The zero-order valence-corrected chi connectivity index (χ0v) is 41.7. The molecule has 3 atom stereocenters. The molecule has 0 amide bonds. The first-order valence-electron chi connectivity index (χ1n) is 26.1. The highest BCUT2D eigenvalue weighted by Crippen LogP contribution is 2.45. The fourth-order valence-corrected chi connectivity index (χ4v) is 13.7. The molecular formula is C60H81Cl3. The van der Waals surface area contributed by atoms with Crippen molar-refractivity contribution in [3.05, 3.63) is 123 Å². The molecule has 0 spiro atoms. The maximum absolute atomic E-state index is 6.35. The third-order valence-electron chi connectivity index (χ3n) is 17.1. The minimum Gasteiger partial charge on any atom is -0.0837 e. The Hall–Kier alpha value is -2.25. The van der Waals surface area contributed by atoms with Crippen LogP contribution in [0.4, 0.5) is 0 Å². The minimum absolute atomic E-state index is 0.906. The van der Waals surface area contributed by atoms with Crippen molar-refractivity contribution in [3.8, 4) is 0 Å². The molecule has 3 unspecified atom stereocenters. The second-order valence-electron chi connectivity index (χ2n) is 21.0. The van der Waals surface area contributed by atoms with Gasteiger partial charge in [0.2, 0.25) is 0 Å². The minimum atomic E-state index is 0.906. The normalized spacial score (nSPS) is 30.0. The second kappa shape index (κ2) is 25.0. The Morgan fingerprint density at radius 1 is 0.397 bits per heavy atom. The average molecular weight is 909 g/mol. The fourth-order valence-electron chi connectivity index (χ4n) is 12.9. The predicted octanol–water partition coefficient (Wildman–Crippen LogP) is 20.2. The van der Waals surface area contributed by atoms with Crippen LogP contribution >= 0.6 is 34.8 Å². The van der Waals surface area contributed by atoms with E-state index < -0.39 is 0 Å². The van der Waals surface area contributed by atoms with Gasteiger partial charge in [-0.15, -0.1) is 0 Å². The van der Waals surface area contributed by atoms with Crippen LogP contribution in [0.15, 0.2) is 91.0 Å². The van der Waals surface area contributed by atoms with Crippen molar-refractivity contribution in [2.75, 3.05) is 0 Å². The molecule has 0 heterocycles. The average Bonchev–Trinajstić information content (AvgIpc) is 3.33. The summed E-state index contributed by atoms with van der Waals surface area (Å²) in [6.45, 7) is 7.09. The van der Waals surface area contributed by atoms with Gasteiger partial charge in [-0.25, -0.2) is 0 Å². The smallest absolute Gasteiger partial charge is 0.0481 e.